The molecular weight excluding hydrogens is 224 g/mol. The van der Waals surface area contributed by atoms with Crippen molar-refractivity contribution in [2.45, 2.75) is 33.1 Å². The molecule has 0 aliphatic heterocycles. The summed E-state index contributed by atoms with van der Waals surface area (Å²) in [6.07, 6.45) is 3.11. The van der Waals surface area contributed by atoms with Crippen LogP contribution >= 0.6 is 0 Å². The van der Waals surface area contributed by atoms with Gasteiger partial charge >= 0.3 is 0 Å². The lowest BCUT2D eigenvalue weighted by Gasteiger charge is -2.21. The van der Waals surface area contributed by atoms with Gasteiger partial charge in [-0.1, -0.05) is 26.7 Å². The molecule has 0 aliphatic rings. The molecule has 1 rings (SSSR count). The van der Waals surface area contributed by atoms with Crippen molar-refractivity contribution >= 4 is 11.6 Å². The summed E-state index contributed by atoms with van der Waals surface area (Å²) in [4.78, 5) is 13.8. The van der Waals surface area contributed by atoms with Crippen LogP contribution in [0.2, 0.25) is 0 Å². The molecule has 0 radical (unpaired) electrons. The average Bonchev–Trinajstić information content (AvgIpc) is 2.43. The standard InChI is InChI=1S/C15H20N2O/c1-4-5-6-12(2)15(18)17(3)14-9-7-13(11-16)8-10-14/h7-10,12H,4-6H2,1-3H3. The molecule has 1 aromatic carbocycles. The predicted octanol–water partition coefficient (Wildman–Crippen LogP) is 3.35. The highest BCUT2D eigenvalue weighted by atomic mass is 16.2. The minimum absolute atomic E-state index is 0.0468. The second-order valence-corrected chi connectivity index (χ2v) is 4.60. The van der Waals surface area contributed by atoms with Gasteiger partial charge in [-0.05, 0) is 30.7 Å². The fourth-order valence-corrected chi connectivity index (χ4v) is 1.85. The fraction of sp³-hybridized carbons (Fsp3) is 0.467. The van der Waals surface area contributed by atoms with Crippen LogP contribution in [0.25, 0.3) is 0 Å². The van der Waals surface area contributed by atoms with Gasteiger partial charge in [0.1, 0.15) is 0 Å². The summed E-state index contributed by atoms with van der Waals surface area (Å²) in [5.74, 6) is 0.179. The number of rotatable bonds is 5. The van der Waals surface area contributed by atoms with Crippen LogP contribution < -0.4 is 4.90 Å². The van der Waals surface area contributed by atoms with E-state index in [2.05, 4.69) is 13.0 Å². The number of nitriles is 1. The fourth-order valence-electron chi connectivity index (χ4n) is 1.85. The predicted molar refractivity (Wildman–Crippen MR) is 73.3 cm³/mol. The molecule has 18 heavy (non-hydrogen) atoms. The molecule has 0 saturated heterocycles. The highest BCUT2D eigenvalue weighted by Crippen LogP contribution is 2.18. The van der Waals surface area contributed by atoms with Crippen molar-refractivity contribution in [3.05, 3.63) is 29.8 Å². The van der Waals surface area contributed by atoms with Crippen molar-refractivity contribution in [1.29, 1.82) is 5.26 Å². The maximum absolute atomic E-state index is 12.2. The molecule has 0 saturated carbocycles. The minimum atomic E-state index is 0.0468. The monoisotopic (exact) mass is 244 g/mol. The Hall–Kier alpha value is -1.82. The van der Waals surface area contributed by atoms with Gasteiger partial charge in [0.2, 0.25) is 5.91 Å². The first-order valence-corrected chi connectivity index (χ1v) is 6.37. The Morgan fingerprint density at radius 3 is 2.50 bits per heavy atom. The zero-order valence-electron chi connectivity index (χ0n) is 11.3. The maximum atomic E-state index is 12.2. The summed E-state index contributed by atoms with van der Waals surface area (Å²) in [7, 11) is 1.78. The highest BCUT2D eigenvalue weighted by molar-refractivity contribution is 5.94. The number of hydrogen-bond acceptors (Lipinski definition) is 2. The summed E-state index contributed by atoms with van der Waals surface area (Å²) in [5.41, 5.74) is 1.45. The number of hydrogen-bond donors (Lipinski definition) is 0. The minimum Gasteiger partial charge on any atom is -0.315 e. The molecular formula is C15H20N2O. The molecule has 1 unspecified atom stereocenters. The third-order valence-electron chi connectivity index (χ3n) is 3.13. The molecule has 0 aliphatic carbocycles. The van der Waals surface area contributed by atoms with E-state index in [-0.39, 0.29) is 11.8 Å². The van der Waals surface area contributed by atoms with Gasteiger partial charge in [0.25, 0.3) is 0 Å². The van der Waals surface area contributed by atoms with Crippen LogP contribution in [0.3, 0.4) is 0 Å². The third-order valence-corrected chi connectivity index (χ3v) is 3.13. The SMILES string of the molecule is CCCCC(C)C(=O)N(C)c1ccc(C#N)cc1. The van der Waals surface area contributed by atoms with E-state index in [1.165, 1.54) is 0 Å². The van der Waals surface area contributed by atoms with E-state index in [4.69, 9.17) is 5.26 Å². The highest BCUT2D eigenvalue weighted by Gasteiger charge is 2.17. The van der Waals surface area contributed by atoms with Crippen LogP contribution in [0, 0.1) is 17.2 Å². The quantitative estimate of drug-likeness (QED) is 0.797. The Bertz CT molecular complexity index is 431. The Morgan fingerprint density at radius 2 is 2.00 bits per heavy atom. The zero-order valence-corrected chi connectivity index (χ0v) is 11.3. The van der Waals surface area contributed by atoms with Crippen molar-refractivity contribution in [2.75, 3.05) is 11.9 Å². The van der Waals surface area contributed by atoms with Gasteiger partial charge in [-0.3, -0.25) is 4.79 Å². The Morgan fingerprint density at radius 1 is 1.39 bits per heavy atom. The van der Waals surface area contributed by atoms with Gasteiger partial charge in [-0.2, -0.15) is 5.26 Å². The van der Waals surface area contributed by atoms with E-state index in [9.17, 15) is 4.79 Å². The maximum Gasteiger partial charge on any atom is 0.229 e. The van der Waals surface area contributed by atoms with Crippen LogP contribution in [-0.4, -0.2) is 13.0 Å². The summed E-state index contributed by atoms with van der Waals surface area (Å²) in [6, 6.07) is 9.15. The number of unbranched alkanes of at least 4 members (excludes halogenated alkanes) is 1. The molecule has 3 heteroatoms. The molecule has 1 aromatic rings. The molecule has 0 spiro atoms. The Balaban J connectivity index is 2.70. The second kappa shape index (κ2) is 6.80. The van der Waals surface area contributed by atoms with Crippen molar-refractivity contribution in [3.63, 3.8) is 0 Å². The molecule has 0 heterocycles. The smallest absolute Gasteiger partial charge is 0.229 e. The van der Waals surface area contributed by atoms with E-state index >= 15 is 0 Å². The average molecular weight is 244 g/mol. The van der Waals surface area contributed by atoms with E-state index in [1.54, 1.807) is 24.1 Å². The lowest BCUT2D eigenvalue weighted by molar-refractivity contribution is -0.121. The lowest BCUT2D eigenvalue weighted by atomic mass is 10.0. The Kier molecular flexibility index (Phi) is 5.38. The van der Waals surface area contributed by atoms with E-state index in [1.807, 2.05) is 19.1 Å². The van der Waals surface area contributed by atoms with Crippen LogP contribution in [0.4, 0.5) is 5.69 Å². The molecule has 0 bridgehead atoms. The largest absolute Gasteiger partial charge is 0.315 e. The molecule has 0 aromatic heterocycles. The summed E-state index contributed by atoms with van der Waals surface area (Å²) in [5, 5.41) is 8.73. The third kappa shape index (κ3) is 3.59. The van der Waals surface area contributed by atoms with Crippen molar-refractivity contribution in [2.24, 2.45) is 5.92 Å². The van der Waals surface area contributed by atoms with Gasteiger partial charge < -0.3 is 4.90 Å². The summed E-state index contributed by atoms with van der Waals surface area (Å²) >= 11 is 0. The first-order chi connectivity index (χ1) is 8.60. The topological polar surface area (TPSA) is 44.1 Å². The molecule has 0 fully saturated rings. The first kappa shape index (κ1) is 14.2. The van der Waals surface area contributed by atoms with Gasteiger partial charge in [-0.25, -0.2) is 0 Å². The van der Waals surface area contributed by atoms with Crippen LogP contribution in [0.15, 0.2) is 24.3 Å². The van der Waals surface area contributed by atoms with Crippen LogP contribution in [0.5, 0.6) is 0 Å². The number of carbonyl (C=O) groups is 1. The molecule has 1 amide bonds. The first-order valence-electron chi connectivity index (χ1n) is 6.37. The van der Waals surface area contributed by atoms with E-state index < -0.39 is 0 Å². The number of amides is 1. The van der Waals surface area contributed by atoms with Gasteiger partial charge in [0.05, 0.1) is 11.6 Å². The normalized spacial score (nSPS) is 11.7. The number of carbonyl (C=O) groups excluding carboxylic acids is 1. The van der Waals surface area contributed by atoms with E-state index in [0.29, 0.717) is 5.56 Å². The van der Waals surface area contributed by atoms with Crippen LogP contribution in [-0.2, 0) is 4.79 Å². The van der Waals surface area contributed by atoms with Gasteiger partial charge in [0.15, 0.2) is 0 Å². The lowest BCUT2D eigenvalue weighted by Crippen LogP contribution is -2.31. The van der Waals surface area contributed by atoms with Gasteiger partial charge in [0, 0.05) is 18.7 Å². The van der Waals surface area contributed by atoms with Gasteiger partial charge in [-0.15, -0.1) is 0 Å². The second-order valence-electron chi connectivity index (χ2n) is 4.60. The van der Waals surface area contributed by atoms with Crippen molar-refractivity contribution in [3.8, 4) is 6.07 Å². The summed E-state index contributed by atoms with van der Waals surface area (Å²) < 4.78 is 0. The van der Waals surface area contributed by atoms with E-state index in [0.717, 1.165) is 24.9 Å². The summed E-state index contributed by atoms with van der Waals surface area (Å²) in [6.45, 7) is 4.10. The van der Waals surface area contributed by atoms with Crippen LogP contribution in [0.1, 0.15) is 38.7 Å². The number of benzene rings is 1. The Labute approximate surface area is 109 Å². The molecule has 3 nitrogen and oxygen atoms in total. The molecule has 0 N–H and O–H groups in total. The van der Waals surface area contributed by atoms with Crippen molar-refractivity contribution < 1.29 is 4.79 Å². The number of anilines is 1. The number of nitrogens with zero attached hydrogens (tertiary/aromatic N) is 2. The van der Waals surface area contributed by atoms with Crippen molar-refractivity contribution in [1.82, 2.24) is 0 Å². The molecule has 96 valence electrons. The molecule has 1 atom stereocenters. The zero-order chi connectivity index (χ0) is 13.5.